The molecule has 2 aromatic carbocycles. The van der Waals surface area contributed by atoms with Gasteiger partial charge in [-0.25, -0.2) is 9.97 Å². The molecule has 1 aromatic heterocycles. The van der Waals surface area contributed by atoms with E-state index in [1.54, 1.807) is 18.2 Å². The highest BCUT2D eigenvalue weighted by atomic mass is 35.5. The maximum atomic E-state index is 13.0. The van der Waals surface area contributed by atoms with Crippen LogP contribution in [0, 0.1) is 0 Å². The fourth-order valence-corrected chi connectivity index (χ4v) is 2.85. The second kappa shape index (κ2) is 7.90. The third-order valence-electron chi connectivity index (χ3n) is 3.62. The topological polar surface area (TPSA) is 75.9 Å². The monoisotopic (exact) mass is 447 g/mol. The first-order valence-electron chi connectivity index (χ1n) is 7.62. The fraction of sp³-hybridized carbons (Fsp3) is 0.0588. The van der Waals surface area contributed by atoms with E-state index < -0.39 is 16.8 Å². The smallest absolute Gasteiger partial charge is 0.393 e. The van der Waals surface area contributed by atoms with Crippen LogP contribution in [0.5, 0.6) is 0 Å². The predicted molar refractivity (Wildman–Crippen MR) is 106 cm³/mol. The van der Waals surface area contributed by atoms with Crippen molar-refractivity contribution in [2.45, 2.75) is 6.18 Å². The van der Waals surface area contributed by atoms with Gasteiger partial charge in [0.25, 0.3) is 0 Å². The zero-order valence-electron chi connectivity index (χ0n) is 13.8. The van der Waals surface area contributed by atoms with E-state index in [0.29, 0.717) is 10.7 Å². The third kappa shape index (κ3) is 4.35. The van der Waals surface area contributed by atoms with Crippen molar-refractivity contribution in [2.75, 3.05) is 16.4 Å². The number of nitrogens with one attached hydrogen (secondary N) is 2. The minimum Gasteiger partial charge on any atom is -0.393 e. The lowest BCUT2D eigenvalue weighted by Gasteiger charge is -2.15. The number of hydrogen-bond acceptors (Lipinski definition) is 5. The summed E-state index contributed by atoms with van der Waals surface area (Å²) in [7, 11) is 0. The summed E-state index contributed by atoms with van der Waals surface area (Å²) in [6, 6.07) is 8.33. The van der Waals surface area contributed by atoms with Gasteiger partial charge in [-0.2, -0.15) is 13.2 Å². The quantitative estimate of drug-likeness (QED) is 0.423. The summed E-state index contributed by atoms with van der Waals surface area (Å²) in [5.41, 5.74) is 5.70. The minimum atomic E-state index is -4.60. The summed E-state index contributed by atoms with van der Waals surface area (Å²) < 4.78 is 39.1. The standard InChI is InChI=1S/C17H11Cl3F3N5/c18-10-5-4-8(6-9(10)17(21,22)23)27-15-14(24)16(26-7-25-15)28-12-3-1-2-11(19)13(12)20/h1-7H,24H2,(H2,25,26,27,28). The van der Waals surface area contributed by atoms with Crippen LogP contribution in [-0.4, -0.2) is 9.97 Å². The molecule has 5 nitrogen and oxygen atoms in total. The van der Waals surface area contributed by atoms with Gasteiger partial charge in [0.2, 0.25) is 0 Å². The molecule has 0 amide bonds. The van der Waals surface area contributed by atoms with E-state index in [0.717, 1.165) is 12.1 Å². The molecule has 0 aliphatic carbocycles. The molecule has 3 aromatic rings. The molecule has 0 saturated heterocycles. The lowest BCUT2D eigenvalue weighted by molar-refractivity contribution is -0.137. The largest absolute Gasteiger partial charge is 0.417 e. The maximum absolute atomic E-state index is 13.0. The van der Waals surface area contributed by atoms with Crippen LogP contribution >= 0.6 is 34.8 Å². The van der Waals surface area contributed by atoms with E-state index in [1.165, 1.54) is 12.4 Å². The van der Waals surface area contributed by atoms with Crippen LogP contribution in [0.1, 0.15) is 5.56 Å². The molecule has 0 unspecified atom stereocenters. The molecule has 0 aliphatic heterocycles. The zero-order chi connectivity index (χ0) is 20.5. The van der Waals surface area contributed by atoms with Crippen LogP contribution in [0.3, 0.4) is 0 Å². The highest BCUT2D eigenvalue weighted by Crippen LogP contribution is 2.38. The van der Waals surface area contributed by atoms with Gasteiger partial charge in [-0.05, 0) is 30.3 Å². The number of alkyl halides is 3. The first-order chi connectivity index (χ1) is 13.2. The van der Waals surface area contributed by atoms with Crippen molar-refractivity contribution in [3.63, 3.8) is 0 Å². The maximum Gasteiger partial charge on any atom is 0.417 e. The number of aromatic nitrogens is 2. The summed E-state index contributed by atoms with van der Waals surface area (Å²) >= 11 is 17.7. The average Bonchev–Trinajstić information content (AvgIpc) is 2.63. The van der Waals surface area contributed by atoms with Gasteiger partial charge < -0.3 is 16.4 Å². The Balaban J connectivity index is 1.91. The van der Waals surface area contributed by atoms with Crippen molar-refractivity contribution in [1.82, 2.24) is 9.97 Å². The number of benzene rings is 2. The first-order valence-corrected chi connectivity index (χ1v) is 8.75. The van der Waals surface area contributed by atoms with Gasteiger partial charge in [0, 0.05) is 5.69 Å². The molecular formula is C17H11Cl3F3N5. The van der Waals surface area contributed by atoms with E-state index in [1.807, 2.05) is 0 Å². The predicted octanol–water partition coefficient (Wildman–Crippen LogP) is 6.53. The van der Waals surface area contributed by atoms with Crippen LogP contribution in [0.15, 0.2) is 42.7 Å². The zero-order valence-corrected chi connectivity index (χ0v) is 16.0. The Labute approximate surface area is 172 Å². The molecule has 4 N–H and O–H groups in total. The van der Waals surface area contributed by atoms with Crippen molar-refractivity contribution in [3.05, 3.63) is 63.4 Å². The van der Waals surface area contributed by atoms with Gasteiger partial charge in [-0.3, -0.25) is 0 Å². The first kappa shape index (κ1) is 20.3. The molecule has 0 bridgehead atoms. The number of nitrogens with two attached hydrogens (primary N) is 1. The number of hydrogen-bond donors (Lipinski definition) is 3. The molecule has 28 heavy (non-hydrogen) atoms. The fourth-order valence-electron chi connectivity index (χ4n) is 2.28. The van der Waals surface area contributed by atoms with Crippen molar-refractivity contribution >= 4 is 63.5 Å². The number of nitrogen functional groups attached to an aromatic ring is 1. The molecule has 0 fully saturated rings. The van der Waals surface area contributed by atoms with Crippen LogP contribution in [0.25, 0.3) is 0 Å². The number of nitrogens with zero attached hydrogens (tertiary/aromatic N) is 2. The summed E-state index contributed by atoms with van der Waals surface area (Å²) in [6.45, 7) is 0. The molecule has 146 valence electrons. The molecule has 0 saturated carbocycles. The summed E-state index contributed by atoms with van der Waals surface area (Å²) in [6.07, 6.45) is -3.40. The minimum absolute atomic E-state index is 0.0713. The van der Waals surface area contributed by atoms with E-state index >= 15 is 0 Å². The number of rotatable bonds is 4. The Hall–Kier alpha value is -2.42. The molecular weight excluding hydrogens is 438 g/mol. The van der Waals surface area contributed by atoms with Crippen LogP contribution in [0.4, 0.5) is 41.9 Å². The lowest BCUT2D eigenvalue weighted by atomic mass is 10.2. The van der Waals surface area contributed by atoms with E-state index in [-0.39, 0.29) is 28.0 Å². The van der Waals surface area contributed by atoms with Crippen molar-refractivity contribution < 1.29 is 13.2 Å². The molecule has 1 heterocycles. The number of halogens is 6. The van der Waals surface area contributed by atoms with Crippen molar-refractivity contribution in [2.24, 2.45) is 0 Å². The molecule has 0 atom stereocenters. The van der Waals surface area contributed by atoms with E-state index in [9.17, 15) is 13.2 Å². The summed E-state index contributed by atoms with van der Waals surface area (Å²) in [5, 5.41) is 5.84. The Morgan fingerprint density at radius 3 is 2.25 bits per heavy atom. The molecule has 0 spiro atoms. The van der Waals surface area contributed by atoms with Crippen molar-refractivity contribution in [1.29, 1.82) is 0 Å². The second-order valence-electron chi connectivity index (χ2n) is 5.53. The van der Waals surface area contributed by atoms with Gasteiger partial charge in [-0.1, -0.05) is 40.9 Å². The van der Waals surface area contributed by atoms with Crippen molar-refractivity contribution in [3.8, 4) is 0 Å². The van der Waals surface area contributed by atoms with Gasteiger partial charge in [0.05, 0.1) is 26.3 Å². The van der Waals surface area contributed by atoms with E-state index in [2.05, 4.69) is 20.6 Å². The Kier molecular flexibility index (Phi) is 5.74. The van der Waals surface area contributed by atoms with Gasteiger partial charge in [-0.15, -0.1) is 0 Å². The van der Waals surface area contributed by atoms with Gasteiger partial charge >= 0.3 is 6.18 Å². The molecule has 0 aliphatic rings. The molecule has 3 rings (SSSR count). The van der Waals surface area contributed by atoms with Gasteiger partial charge in [0.15, 0.2) is 11.6 Å². The molecule has 11 heteroatoms. The van der Waals surface area contributed by atoms with Crippen LogP contribution < -0.4 is 16.4 Å². The highest BCUT2D eigenvalue weighted by Gasteiger charge is 2.33. The number of anilines is 5. The highest BCUT2D eigenvalue weighted by molar-refractivity contribution is 6.43. The second-order valence-corrected chi connectivity index (χ2v) is 6.72. The van der Waals surface area contributed by atoms with E-state index in [4.69, 9.17) is 40.5 Å². The summed E-state index contributed by atoms with van der Waals surface area (Å²) in [4.78, 5) is 8.00. The lowest BCUT2D eigenvalue weighted by Crippen LogP contribution is -2.08. The normalized spacial score (nSPS) is 11.4. The SMILES string of the molecule is Nc1c(Nc2ccc(Cl)c(C(F)(F)F)c2)ncnc1Nc1cccc(Cl)c1Cl. The third-order valence-corrected chi connectivity index (χ3v) is 4.77. The molecule has 0 radical (unpaired) electrons. The summed E-state index contributed by atoms with van der Waals surface area (Å²) in [5.74, 6) is 0.303. The van der Waals surface area contributed by atoms with Gasteiger partial charge in [0.1, 0.15) is 12.0 Å². The van der Waals surface area contributed by atoms with Crippen LogP contribution in [0.2, 0.25) is 15.1 Å². The Bertz CT molecular complexity index is 1030. The Morgan fingerprint density at radius 2 is 1.57 bits per heavy atom. The average molecular weight is 449 g/mol. The Morgan fingerprint density at radius 1 is 0.893 bits per heavy atom. The van der Waals surface area contributed by atoms with Crippen LogP contribution in [-0.2, 0) is 6.18 Å².